The van der Waals surface area contributed by atoms with Crippen molar-refractivity contribution in [3.05, 3.63) is 28.8 Å². The van der Waals surface area contributed by atoms with Gasteiger partial charge in [-0.2, -0.15) is 17.0 Å². The zero-order chi connectivity index (χ0) is 23.6. The summed E-state index contributed by atoms with van der Waals surface area (Å²) in [5.74, 6) is 1.57. The van der Waals surface area contributed by atoms with Crippen molar-refractivity contribution in [1.29, 1.82) is 0 Å². The van der Waals surface area contributed by atoms with E-state index in [4.69, 9.17) is 0 Å². The van der Waals surface area contributed by atoms with E-state index in [0.29, 0.717) is 37.1 Å². The maximum atomic E-state index is 13.0. The molecule has 1 amide bonds. The van der Waals surface area contributed by atoms with Gasteiger partial charge in [-0.15, -0.1) is 0 Å². The molecule has 8 heteroatoms. The predicted octanol–water partition coefficient (Wildman–Crippen LogP) is 2.94. The van der Waals surface area contributed by atoms with Crippen molar-refractivity contribution in [2.45, 2.75) is 52.9 Å². The highest BCUT2D eigenvalue weighted by Gasteiger charge is 2.35. The van der Waals surface area contributed by atoms with Crippen molar-refractivity contribution in [2.24, 2.45) is 17.8 Å². The first-order valence-electron chi connectivity index (χ1n) is 11.8. The average Bonchev–Trinajstić information content (AvgIpc) is 2.77. The molecule has 0 spiro atoms. The van der Waals surface area contributed by atoms with Crippen molar-refractivity contribution < 1.29 is 18.3 Å². The van der Waals surface area contributed by atoms with E-state index >= 15 is 0 Å². The summed E-state index contributed by atoms with van der Waals surface area (Å²) < 4.78 is 27.5. The maximum Gasteiger partial charge on any atom is 0.281 e. The molecule has 1 N–H and O–H groups in total. The van der Waals surface area contributed by atoms with E-state index in [0.717, 1.165) is 55.5 Å². The summed E-state index contributed by atoms with van der Waals surface area (Å²) in [7, 11) is -0.153. The summed E-state index contributed by atoms with van der Waals surface area (Å²) in [4.78, 5) is 15.0. The maximum absolute atomic E-state index is 13.0. The molecule has 0 aliphatic carbocycles. The van der Waals surface area contributed by atoms with Crippen molar-refractivity contribution in [3.8, 4) is 5.75 Å². The first-order chi connectivity index (χ1) is 15.0. The third kappa shape index (κ3) is 5.46. The van der Waals surface area contributed by atoms with Gasteiger partial charge in [-0.25, -0.2) is 0 Å². The molecular formula is C24H39N3O4S. The molecule has 0 aromatic heterocycles. The van der Waals surface area contributed by atoms with Crippen LogP contribution in [0.1, 0.15) is 49.3 Å². The molecule has 3 rings (SSSR count). The van der Waals surface area contributed by atoms with Gasteiger partial charge < -0.3 is 10.0 Å². The Morgan fingerprint density at radius 2 is 1.50 bits per heavy atom. The van der Waals surface area contributed by atoms with Crippen LogP contribution in [0, 0.1) is 31.6 Å². The summed E-state index contributed by atoms with van der Waals surface area (Å²) in [5, 5.41) is 9.98. The standard InChI is InChI=1S/C24H39N3O4S/c1-17-14-20(15-18(2)23(17)28)16-19(3)24(29)26-10-6-21(7-11-26)22-8-12-27(13-9-22)32(30,31)25(4)5/h14-15,19,21-22,28H,6-13,16H2,1-5H3/t19-/m1/s1. The van der Waals surface area contributed by atoms with Gasteiger partial charge in [0, 0.05) is 46.2 Å². The van der Waals surface area contributed by atoms with E-state index in [1.54, 1.807) is 18.4 Å². The molecule has 0 radical (unpaired) electrons. The molecule has 1 aromatic carbocycles. The van der Waals surface area contributed by atoms with Crippen molar-refractivity contribution in [2.75, 3.05) is 40.3 Å². The van der Waals surface area contributed by atoms with Crippen LogP contribution in [0.3, 0.4) is 0 Å². The molecule has 2 saturated heterocycles. The van der Waals surface area contributed by atoms with Gasteiger partial charge in [0.05, 0.1) is 0 Å². The molecular weight excluding hydrogens is 426 g/mol. The fourth-order valence-corrected chi connectivity index (χ4v) is 6.45. The molecule has 7 nitrogen and oxygen atoms in total. The van der Waals surface area contributed by atoms with Crippen LogP contribution in [0.5, 0.6) is 5.75 Å². The number of aromatic hydroxyl groups is 1. The smallest absolute Gasteiger partial charge is 0.281 e. The van der Waals surface area contributed by atoms with E-state index in [-0.39, 0.29) is 11.8 Å². The Morgan fingerprint density at radius 3 is 1.97 bits per heavy atom. The Hall–Kier alpha value is -1.64. The van der Waals surface area contributed by atoms with E-state index < -0.39 is 10.2 Å². The van der Waals surface area contributed by atoms with E-state index in [1.807, 2.05) is 37.8 Å². The molecule has 2 aliphatic heterocycles. The highest BCUT2D eigenvalue weighted by Crippen LogP contribution is 2.34. The molecule has 180 valence electrons. The number of nitrogens with zero attached hydrogens (tertiary/aromatic N) is 3. The monoisotopic (exact) mass is 465 g/mol. The van der Waals surface area contributed by atoms with Gasteiger partial charge in [0.2, 0.25) is 5.91 Å². The number of phenols is 1. The number of hydrogen-bond acceptors (Lipinski definition) is 4. The number of piperidine rings is 2. The molecule has 1 atom stereocenters. The van der Waals surface area contributed by atoms with Gasteiger partial charge in [-0.05, 0) is 74.5 Å². The highest BCUT2D eigenvalue weighted by molar-refractivity contribution is 7.86. The summed E-state index contributed by atoms with van der Waals surface area (Å²) >= 11 is 0. The number of phenolic OH excluding ortho intramolecular Hbond substituents is 1. The third-order valence-electron chi connectivity index (χ3n) is 7.32. The van der Waals surface area contributed by atoms with Crippen LogP contribution in [0.4, 0.5) is 0 Å². The second-order valence-corrected chi connectivity index (χ2v) is 12.0. The van der Waals surface area contributed by atoms with E-state index in [9.17, 15) is 18.3 Å². The Kier molecular flexibility index (Phi) is 7.89. The largest absolute Gasteiger partial charge is 0.507 e. The summed E-state index contributed by atoms with van der Waals surface area (Å²) in [6.07, 6.45) is 4.49. The lowest BCUT2D eigenvalue weighted by molar-refractivity contribution is -0.136. The Labute approximate surface area is 193 Å². The summed E-state index contributed by atoms with van der Waals surface area (Å²) in [6.45, 7) is 8.54. The Morgan fingerprint density at radius 1 is 1.03 bits per heavy atom. The van der Waals surface area contributed by atoms with Crippen molar-refractivity contribution in [1.82, 2.24) is 13.5 Å². The van der Waals surface area contributed by atoms with Gasteiger partial charge in [0.1, 0.15) is 5.75 Å². The number of rotatable bonds is 6. The van der Waals surface area contributed by atoms with Crippen molar-refractivity contribution >= 4 is 16.1 Å². The van der Waals surface area contributed by atoms with Gasteiger partial charge in [0.15, 0.2) is 0 Å². The minimum absolute atomic E-state index is 0.0885. The Bertz CT molecular complexity index is 892. The summed E-state index contributed by atoms with van der Waals surface area (Å²) in [5.41, 5.74) is 2.79. The van der Waals surface area contributed by atoms with Crippen LogP contribution in [0.15, 0.2) is 12.1 Å². The molecule has 0 bridgehead atoms. The van der Waals surface area contributed by atoms with Crippen LogP contribution >= 0.6 is 0 Å². The molecule has 1 aromatic rings. The van der Waals surface area contributed by atoms with E-state index in [1.165, 1.54) is 4.31 Å². The van der Waals surface area contributed by atoms with Crippen LogP contribution in [-0.2, 0) is 21.4 Å². The fraction of sp³-hybridized carbons (Fsp3) is 0.708. The van der Waals surface area contributed by atoms with Crippen molar-refractivity contribution in [3.63, 3.8) is 0 Å². The topological polar surface area (TPSA) is 81.2 Å². The van der Waals surface area contributed by atoms with Gasteiger partial charge in [0.25, 0.3) is 10.2 Å². The normalized spacial score (nSPS) is 20.6. The lowest BCUT2D eigenvalue weighted by Gasteiger charge is -2.40. The number of hydrogen-bond donors (Lipinski definition) is 1. The molecule has 0 unspecified atom stereocenters. The SMILES string of the molecule is Cc1cc(C[C@@H](C)C(=O)N2CCC(C3CCN(S(=O)(=O)N(C)C)CC3)CC2)cc(C)c1O. The van der Waals surface area contributed by atoms with Crippen LogP contribution in [-0.4, -0.2) is 73.2 Å². The van der Waals surface area contributed by atoms with E-state index in [2.05, 4.69) is 0 Å². The number of benzene rings is 1. The zero-order valence-corrected chi connectivity index (χ0v) is 21.0. The predicted molar refractivity (Wildman–Crippen MR) is 127 cm³/mol. The van der Waals surface area contributed by atoms with Gasteiger partial charge >= 0.3 is 0 Å². The Balaban J connectivity index is 1.49. The molecule has 2 heterocycles. The first-order valence-corrected chi connectivity index (χ1v) is 13.2. The highest BCUT2D eigenvalue weighted by atomic mass is 32.2. The lowest BCUT2D eigenvalue weighted by Crippen LogP contribution is -2.47. The fourth-order valence-electron chi connectivity index (χ4n) is 5.32. The number of carbonyl (C=O) groups is 1. The number of carbonyl (C=O) groups excluding carboxylic acids is 1. The number of amides is 1. The number of likely N-dealkylation sites (tertiary alicyclic amines) is 1. The quantitative estimate of drug-likeness (QED) is 0.700. The van der Waals surface area contributed by atoms with Crippen LogP contribution < -0.4 is 0 Å². The molecule has 2 fully saturated rings. The lowest BCUT2D eigenvalue weighted by atomic mass is 9.79. The second kappa shape index (κ2) is 10.1. The number of aryl methyl sites for hydroxylation is 2. The van der Waals surface area contributed by atoms with Crippen LogP contribution in [0.2, 0.25) is 0 Å². The minimum Gasteiger partial charge on any atom is -0.507 e. The first kappa shape index (κ1) is 25.0. The van der Waals surface area contributed by atoms with Gasteiger partial charge in [-0.1, -0.05) is 19.1 Å². The molecule has 0 saturated carbocycles. The second-order valence-electron chi connectivity index (χ2n) is 9.87. The summed E-state index contributed by atoms with van der Waals surface area (Å²) in [6, 6.07) is 3.95. The molecule has 32 heavy (non-hydrogen) atoms. The molecule has 2 aliphatic rings. The van der Waals surface area contributed by atoms with Gasteiger partial charge in [-0.3, -0.25) is 4.79 Å². The van der Waals surface area contributed by atoms with Crippen LogP contribution in [0.25, 0.3) is 0 Å². The average molecular weight is 466 g/mol. The zero-order valence-electron chi connectivity index (χ0n) is 20.2. The minimum atomic E-state index is -3.32. The third-order valence-corrected chi connectivity index (χ3v) is 9.26.